The van der Waals surface area contributed by atoms with Gasteiger partial charge in [0.05, 0.1) is 18.0 Å². The molecule has 1 aromatic rings. The molecular formula is C31H43NO4. The number of hydrogen-bond donors (Lipinski definition) is 2. The van der Waals surface area contributed by atoms with Gasteiger partial charge in [-0.25, -0.2) is 0 Å². The van der Waals surface area contributed by atoms with E-state index >= 15 is 0 Å². The summed E-state index contributed by atoms with van der Waals surface area (Å²) in [6.45, 7) is 4.43. The highest BCUT2D eigenvalue weighted by atomic mass is 16.5. The molecule has 1 amide bonds. The highest BCUT2D eigenvalue weighted by molar-refractivity contribution is 5.96. The lowest BCUT2D eigenvalue weighted by molar-refractivity contribution is -0.148. The lowest BCUT2D eigenvalue weighted by atomic mass is 10.0. The Balaban J connectivity index is 2.13. The number of carbonyl (C=O) groups is 2. The van der Waals surface area contributed by atoms with E-state index in [1.54, 1.807) is 12.1 Å². The fourth-order valence-electron chi connectivity index (χ4n) is 3.35. The second-order valence-corrected chi connectivity index (χ2v) is 8.33. The number of para-hydroxylation sites is 1. The van der Waals surface area contributed by atoms with Crippen LogP contribution >= 0.6 is 0 Å². The molecule has 1 atom stereocenters. The summed E-state index contributed by atoms with van der Waals surface area (Å²) in [5.41, 5.74) is 0.201. The van der Waals surface area contributed by atoms with Gasteiger partial charge in [-0.2, -0.15) is 0 Å². The molecule has 0 aliphatic rings. The van der Waals surface area contributed by atoms with Crippen molar-refractivity contribution in [3.8, 4) is 5.75 Å². The number of hydrogen-bond acceptors (Lipinski definition) is 4. The third-order valence-electron chi connectivity index (χ3n) is 5.45. The van der Waals surface area contributed by atoms with Crippen molar-refractivity contribution < 1.29 is 19.4 Å². The summed E-state index contributed by atoms with van der Waals surface area (Å²) >= 11 is 0. The number of carbonyl (C=O) groups excluding carboxylic acids is 2. The number of allylic oxidation sites excluding steroid dienone is 10. The van der Waals surface area contributed by atoms with E-state index < -0.39 is 5.91 Å². The molecule has 0 aliphatic carbocycles. The fourth-order valence-corrected chi connectivity index (χ4v) is 3.35. The first kappa shape index (κ1) is 30.7. The van der Waals surface area contributed by atoms with E-state index in [0.717, 1.165) is 44.9 Å². The van der Waals surface area contributed by atoms with Crippen LogP contribution in [-0.2, 0) is 9.53 Å². The standard InChI is InChI=1S/C31H43NO4/c1-3-5-6-7-8-9-10-11-12-13-14-15-16-17-18-19-22-27(4-2)31(35)36-26-25-32-30(34)28-23-20-21-24-29(28)33/h5-6,8-9,11-12,14-15,17-18,20-21,23-24,27,33H,3-4,7,10,13,16,19,22,25-26H2,1-2H3,(H,32,34)/b6-5-,9-8-,12-11-,15-14-,18-17-. The zero-order chi connectivity index (χ0) is 26.3. The number of phenols is 1. The number of aromatic hydroxyl groups is 1. The normalized spacial score (nSPS) is 12.9. The average Bonchev–Trinajstić information content (AvgIpc) is 2.88. The van der Waals surface area contributed by atoms with Crippen LogP contribution in [0.3, 0.4) is 0 Å². The molecule has 2 N–H and O–H groups in total. The Kier molecular flexibility index (Phi) is 17.9. The van der Waals surface area contributed by atoms with Crippen molar-refractivity contribution in [3.05, 3.63) is 90.6 Å². The molecule has 1 aromatic carbocycles. The number of esters is 1. The number of benzene rings is 1. The number of phenolic OH excluding ortho intramolecular Hbond substituents is 1. The zero-order valence-corrected chi connectivity index (χ0v) is 21.9. The van der Waals surface area contributed by atoms with Gasteiger partial charge in [-0.05, 0) is 63.5 Å². The number of rotatable bonds is 18. The molecule has 0 bridgehead atoms. The maximum atomic E-state index is 12.3. The summed E-state index contributed by atoms with van der Waals surface area (Å²) in [7, 11) is 0. The first-order chi connectivity index (χ1) is 17.6. The Morgan fingerprint density at radius 1 is 0.861 bits per heavy atom. The third-order valence-corrected chi connectivity index (χ3v) is 5.45. The van der Waals surface area contributed by atoms with Gasteiger partial charge in [0, 0.05) is 0 Å². The van der Waals surface area contributed by atoms with E-state index in [9.17, 15) is 14.7 Å². The van der Waals surface area contributed by atoms with Crippen molar-refractivity contribution >= 4 is 11.9 Å². The van der Waals surface area contributed by atoms with Gasteiger partial charge < -0.3 is 15.2 Å². The highest BCUT2D eigenvalue weighted by Gasteiger charge is 2.17. The SMILES string of the molecule is CC/C=C\C/C=C\C/C=C\C/C=C\C/C=C\CCC(CC)C(=O)OCCNC(=O)c1ccccc1O. The van der Waals surface area contributed by atoms with Crippen molar-refractivity contribution in [2.75, 3.05) is 13.2 Å². The van der Waals surface area contributed by atoms with Gasteiger partial charge in [-0.3, -0.25) is 9.59 Å². The minimum absolute atomic E-state index is 0.0758. The monoisotopic (exact) mass is 493 g/mol. The van der Waals surface area contributed by atoms with Crippen molar-refractivity contribution in [3.63, 3.8) is 0 Å². The summed E-state index contributed by atoms with van der Waals surface area (Å²) in [6, 6.07) is 6.33. The van der Waals surface area contributed by atoms with Crippen LogP contribution in [0.4, 0.5) is 0 Å². The van der Waals surface area contributed by atoms with Gasteiger partial charge in [0.15, 0.2) is 0 Å². The molecule has 0 heterocycles. The van der Waals surface area contributed by atoms with E-state index in [0.29, 0.717) is 6.42 Å². The minimum atomic E-state index is -0.394. The van der Waals surface area contributed by atoms with Crippen molar-refractivity contribution in [1.82, 2.24) is 5.32 Å². The minimum Gasteiger partial charge on any atom is -0.507 e. The van der Waals surface area contributed by atoms with Gasteiger partial charge in [-0.15, -0.1) is 0 Å². The van der Waals surface area contributed by atoms with Crippen molar-refractivity contribution in [2.24, 2.45) is 5.92 Å². The van der Waals surface area contributed by atoms with Crippen LogP contribution in [0.5, 0.6) is 5.75 Å². The second-order valence-electron chi connectivity index (χ2n) is 8.33. The Morgan fingerprint density at radius 2 is 1.42 bits per heavy atom. The second kappa shape index (κ2) is 21.0. The maximum Gasteiger partial charge on any atom is 0.308 e. The molecule has 196 valence electrons. The summed E-state index contributed by atoms with van der Waals surface area (Å²) in [4.78, 5) is 24.4. The molecule has 0 fully saturated rings. The molecule has 0 spiro atoms. The molecule has 0 saturated carbocycles. The summed E-state index contributed by atoms with van der Waals surface area (Å²) in [6.07, 6.45) is 28.9. The molecule has 0 aliphatic heterocycles. The van der Waals surface area contributed by atoms with Crippen molar-refractivity contribution in [2.45, 2.75) is 65.2 Å². The largest absolute Gasteiger partial charge is 0.507 e. The number of ether oxygens (including phenoxy) is 1. The van der Waals surface area contributed by atoms with Gasteiger partial charge in [0.2, 0.25) is 0 Å². The van der Waals surface area contributed by atoms with Crippen LogP contribution < -0.4 is 5.32 Å². The van der Waals surface area contributed by atoms with Crippen LogP contribution in [0, 0.1) is 5.92 Å². The summed E-state index contributed by atoms with van der Waals surface area (Å²) in [5, 5.41) is 12.4. The van der Waals surface area contributed by atoms with Crippen LogP contribution in [-0.4, -0.2) is 30.1 Å². The lowest BCUT2D eigenvalue weighted by Gasteiger charge is -2.13. The number of nitrogens with one attached hydrogen (secondary N) is 1. The van der Waals surface area contributed by atoms with Gasteiger partial charge in [0.25, 0.3) is 5.91 Å². The molecule has 1 rings (SSSR count). The van der Waals surface area contributed by atoms with Crippen LogP contribution in [0.1, 0.15) is 75.6 Å². The Hall–Kier alpha value is -3.34. The predicted molar refractivity (Wildman–Crippen MR) is 149 cm³/mol. The molecule has 0 aromatic heterocycles. The summed E-state index contributed by atoms with van der Waals surface area (Å²) < 4.78 is 5.33. The average molecular weight is 494 g/mol. The molecule has 5 nitrogen and oxygen atoms in total. The third kappa shape index (κ3) is 14.8. The maximum absolute atomic E-state index is 12.3. The molecule has 0 saturated heterocycles. The zero-order valence-electron chi connectivity index (χ0n) is 21.9. The first-order valence-corrected chi connectivity index (χ1v) is 13.1. The van der Waals surface area contributed by atoms with Crippen molar-refractivity contribution in [1.29, 1.82) is 0 Å². The van der Waals surface area contributed by atoms with E-state index in [1.807, 2.05) is 6.92 Å². The van der Waals surface area contributed by atoms with E-state index in [-0.39, 0.29) is 36.4 Å². The molecule has 1 unspecified atom stereocenters. The molecule has 0 radical (unpaired) electrons. The molecule has 5 heteroatoms. The van der Waals surface area contributed by atoms with Crippen LogP contribution in [0.15, 0.2) is 85.0 Å². The van der Waals surface area contributed by atoms with E-state index in [4.69, 9.17) is 4.74 Å². The van der Waals surface area contributed by atoms with Gasteiger partial charge in [0.1, 0.15) is 12.4 Å². The first-order valence-electron chi connectivity index (χ1n) is 13.1. The Bertz CT molecular complexity index is 896. The Labute approximate surface area is 217 Å². The summed E-state index contributed by atoms with van der Waals surface area (Å²) in [5.74, 6) is -0.856. The Morgan fingerprint density at radius 3 is 1.97 bits per heavy atom. The lowest BCUT2D eigenvalue weighted by Crippen LogP contribution is -2.29. The smallest absolute Gasteiger partial charge is 0.308 e. The van der Waals surface area contributed by atoms with E-state index in [2.05, 4.69) is 73.0 Å². The fraction of sp³-hybridized carbons (Fsp3) is 0.419. The van der Waals surface area contributed by atoms with Crippen LogP contribution in [0.2, 0.25) is 0 Å². The van der Waals surface area contributed by atoms with E-state index in [1.165, 1.54) is 12.1 Å². The molecular weight excluding hydrogens is 450 g/mol. The predicted octanol–water partition coefficient (Wildman–Crippen LogP) is 7.22. The highest BCUT2D eigenvalue weighted by Crippen LogP contribution is 2.15. The van der Waals surface area contributed by atoms with Crippen LogP contribution in [0.25, 0.3) is 0 Å². The topological polar surface area (TPSA) is 75.6 Å². The molecule has 36 heavy (non-hydrogen) atoms. The number of amides is 1. The quantitative estimate of drug-likeness (QED) is 0.129. The van der Waals surface area contributed by atoms with Gasteiger partial charge in [-0.1, -0.05) is 86.7 Å². The van der Waals surface area contributed by atoms with Gasteiger partial charge >= 0.3 is 5.97 Å².